The molecule has 0 radical (unpaired) electrons. The summed E-state index contributed by atoms with van der Waals surface area (Å²) in [5.74, 6) is 0. The molecule has 0 bridgehead atoms. The average molecular weight is 237 g/mol. The summed E-state index contributed by atoms with van der Waals surface area (Å²) >= 11 is 0. The predicted octanol–water partition coefficient (Wildman–Crippen LogP) is 0.547. The summed E-state index contributed by atoms with van der Waals surface area (Å²) in [6.07, 6.45) is 0.806. The van der Waals surface area contributed by atoms with Gasteiger partial charge in [0.05, 0.1) is 0 Å². The first kappa shape index (κ1) is 13.3. The van der Waals surface area contributed by atoms with Gasteiger partial charge < -0.3 is 0 Å². The third kappa shape index (κ3) is 11.5. The van der Waals surface area contributed by atoms with E-state index in [1.54, 1.807) is 0 Å². The van der Waals surface area contributed by atoms with Crippen LogP contribution in [0.3, 0.4) is 0 Å². The van der Waals surface area contributed by atoms with Gasteiger partial charge in [-0.25, -0.2) is 0 Å². The second-order valence-corrected chi connectivity index (χ2v) is 4.83. The van der Waals surface area contributed by atoms with Crippen molar-refractivity contribution in [2.24, 2.45) is 0 Å². The Labute approximate surface area is 70.5 Å². The van der Waals surface area contributed by atoms with Crippen LogP contribution in [0, 0.1) is 0 Å². The summed E-state index contributed by atoms with van der Waals surface area (Å²) in [4.78, 5) is 33.6. The summed E-state index contributed by atoms with van der Waals surface area (Å²) in [5.41, 5.74) is 0. The van der Waals surface area contributed by atoms with E-state index in [4.69, 9.17) is 19.6 Å². The average Bonchev–Trinajstić information content (AvgIpc) is 1.57. The van der Waals surface area contributed by atoms with Crippen LogP contribution in [0.25, 0.3) is 0 Å². The Balaban J connectivity index is 0. The van der Waals surface area contributed by atoms with Crippen LogP contribution < -0.4 is 0 Å². The number of halogens is 1. The van der Waals surface area contributed by atoms with E-state index in [0.29, 0.717) is 12.8 Å². The molecule has 0 aromatic carbocycles. The molecular weight excluding hydrogens is 223 g/mol. The molecule has 6 heteroatoms. The molecule has 0 amide bonds. The van der Waals surface area contributed by atoms with Gasteiger partial charge >= 0.3 is 53.0 Å². The molecule has 0 aliphatic heterocycles. The van der Waals surface area contributed by atoms with Crippen LogP contribution >= 0.6 is 24.5 Å². The van der Waals surface area contributed by atoms with Crippen LogP contribution in [0.4, 0.5) is 0 Å². The van der Waals surface area contributed by atoms with Crippen molar-refractivity contribution in [3.05, 3.63) is 0 Å². The Morgan fingerprint density at radius 3 is 1.60 bits per heavy atom. The van der Waals surface area contributed by atoms with Crippen LogP contribution in [-0.4, -0.2) is 25.7 Å². The molecule has 0 atom stereocenters. The van der Waals surface area contributed by atoms with E-state index in [0.717, 1.165) is 0 Å². The van der Waals surface area contributed by atoms with Gasteiger partial charge in [-0.05, 0) is 0 Å². The topological polar surface area (TPSA) is 80.9 Å². The molecule has 4 N–H and O–H groups in total. The van der Waals surface area contributed by atoms with Gasteiger partial charge in [0.15, 0.2) is 0 Å². The van der Waals surface area contributed by atoms with Gasteiger partial charge in [-0.3, -0.25) is 0 Å². The van der Waals surface area contributed by atoms with Gasteiger partial charge in [-0.15, -0.1) is 17.0 Å². The maximum atomic E-state index is 8.41. The molecule has 0 rings (SSSR count). The van der Waals surface area contributed by atoms with Crippen molar-refractivity contribution < 1.29 is 19.6 Å². The molecule has 0 unspecified atom stereocenters. The quantitative estimate of drug-likeness (QED) is 0.540. The Bertz CT molecular complexity index is 89.9. The third-order valence-corrected chi connectivity index (χ3v) is 2.03. The number of hydrogen-bond acceptors (Lipinski definition) is 4. The normalized spacial score (nSPS) is 15.1. The zero-order valence-electron chi connectivity index (χ0n) is 5.77. The van der Waals surface area contributed by atoms with E-state index in [2.05, 4.69) is 0 Å². The second kappa shape index (κ2) is 3.95. The molecule has 0 saturated heterocycles. The number of hydrogen-bond donors (Lipinski definition) is 4. The van der Waals surface area contributed by atoms with E-state index in [-0.39, 0.29) is 23.1 Å². The molecule has 0 heterocycles. The monoisotopic (exact) mass is 236 g/mol. The standard InChI is InChI=1S/C4H13O4P.BrH/c1-2-3-4-9(5,6,7)8;/h5-8H,2-4H2,1H3;1H. The molecule has 0 aromatic heterocycles. The van der Waals surface area contributed by atoms with Crippen molar-refractivity contribution in [3.63, 3.8) is 0 Å². The summed E-state index contributed by atoms with van der Waals surface area (Å²) in [6.45, 7) is 1.82. The van der Waals surface area contributed by atoms with E-state index in [1.165, 1.54) is 0 Å². The summed E-state index contributed by atoms with van der Waals surface area (Å²) in [5, 5.41) is 0. The van der Waals surface area contributed by atoms with Gasteiger partial charge in [0.25, 0.3) is 0 Å². The zero-order valence-corrected chi connectivity index (χ0v) is 8.37. The van der Waals surface area contributed by atoms with Crippen molar-refractivity contribution in [1.82, 2.24) is 0 Å². The van der Waals surface area contributed by atoms with E-state index in [1.807, 2.05) is 6.92 Å². The van der Waals surface area contributed by atoms with E-state index >= 15 is 0 Å². The molecule has 66 valence electrons. The Morgan fingerprint density at radius 2 is 1.50 bits per heavy atom. The van der Waals surface area contributed by atoms with Gasteiger partial charge in [0.2, 0.25) is 0 Å². The molecule has 0 fully saturated rings. The minimum atomic E-state index is -5.13. The van der Waals surface area contributed by atoms with Crippen LogP contribution in [0.1, 0.15) is 19.8 Å². The molecule has 10 heavy (non-hydrogen) atoms. The Morgan fingerprint density at radius 1 is 1.10 bits per heavy atom. The van der Waals surface area contributed by atoms with Crippen molar-refractivity contribution in [1.29, 1.82) is 0 Å². The van der Waals surface area contributed by atoms with Gasteiger partial charge in [0.1, 0.15) is 0 Å². The molecule has 0 saturated carbocycles. The summed E-state index contributed by atoms with van der Waals surface area (Å²) in [6, 6.07) is 0. The Kier molecular flexibility index (Phi) is 5.27. The van der Waals surface area contributed by atoms with Crippen molar-refractivity contribution in [2.75, 3.05) is 6.16 Å². The SMILES string of the molecule is Br.CCCCP(O)(O)(O)O. The van der Waals surface area contributed by atoms with Gasteiger partial charge in [-0.2, -0.15) is 0 Å². The molecule has 4 nitrogen and oxygen atoms in total. The first-order valence-corrected chi connectivity index (χ1v) is 5.06. The maximum absolute atomic E-state index is 8.41. The van der Waals surface area contributed by atoms with Crippen molar-refractivity contribution in [2.45, 2.75) is 19.8 Å². The fourth-order valence-corrected chi connectivity index (χ4v) is 1.32. The zero-order chi connectivity index (χ0) is 7.57. The molecule has 0 aliphatic rings. The fraction of sp³-hybridized carbons (Fsp3) is 1.00. The number of rotatable bonds is 3. The first-order valence-electron chi connectivity index (χ1n) is 2.82. The van der Waals surface area contributed by atoms with Gasteiger partial charge in [0, 0.05) is 0 Å². The summed E-state index contributed by atoms with van der Waals surface area (Å²) in [7, 11) is -5.13. The number of unbranched alkanes of at least 4 members (excludes halogenated alkanes) is 1. The predicted molar refractivity (Wildman–Crippen MR) is 45.9 cm³/mol. The van der Waals surface area contributed by atoms with Crippen molar-refractivity contribution in [3.8, 4) is 0 Å². The molecule has 0 aromatic rings. The van der Waals surface area contributed by atoms with Crippen LogP contribution in [0.15, 0.2) is 0 Å². The molecule has 0 spiro atoms. The molecule has 0 aliphatic carbocycles. The fourth-order valence-electron chi connectivity index (χ4n) is 0.441. The molecular formula is C4H14BrO4P. The Hall–Kier alpha value is 0.750. The van der Waals surface area contributed by atoms with E-state index < -0.39 is 7.51 Å². The minimum absolute atomic E-state index is 0. The van der Waals surface area contributed by atoms with Crippen LogP contribution in [0.5, 0.6) is 0 Å². The first-order chi connectivity index (χ1) is 3.81. The second-order valence-electron chi connectivity index (χ2n) is 2.18. The summed E-state index contributed by atoms with van der Waals surface area (Å²) < 4.78 is 0. The third-order valence-electron chi connectivity index (χ3n) is 0.912. The van der Waals surface area contributed by atoms with E-state index in [9.17, 15) is 0 Å². The van der Waals surface area contributed by atoms with Gasteiger partial charge in [-0.1, -0.05) is 0 Å². The van der Waals surface area contributed by atoms with Crippen molar-refractivity contribution >= 4 is 24.5 Å². The van der Waals surface area contributed by atoms with Crippen LogP contribution in [0.2, 0.25) is 0 Å². The van der Waals surface area contributed by atoms with Crippen LogP contribution in [-0.2, 0) is 0 Å².